The van der Waals surface area contributed by atoms with Crippen molar-refractivity contribution in [2.45, 2.75) is 82.2 Å². The first-order valence-electron chi connectivity index (χ1n) is 16.8. The van der Waals surface area contributed by atoms with Crippen LogP contribution in [0.15, 0.2) is 54.7 Å². The number of carbonyl (C=O) groups excluding carboxylic acids is 1. The van der Waals surface area contributed by atoms with Gasteiger partial charge in [-0.15, -0.1) is 25.0 Å². The van der Waals surface area contributed by atoms with E-state index in [4.69, 9.17) is 20.9 Å². The molecule has 4 N–H and O–H groups in total. The number of morpholine rings is 1. The molecule has 12 heteroatoms. The van der Waals surface area contributed by atoms with E-state index in [1.165, 1.54) is 0 Å². The molecule has 6 rings (SSSR count). The van der Waals surface area contributed by atoms with Crippen molar-refractivity contribution in [2.24, 2.45) is 11.5 Å². The zero-order valence-corrected chi connectivity index (χ0v) is 29.5. The number of aromatic nitrogens is 1. The molecule has 48 heavy (non-hydrogen) atoms. The van der Waals surface area contributed by atoms with Gasteiger partial charge in [0.1, 0.15) is 22.6 Å². The summed E-state index contributed by atoms with van der Waals surface area (Å²) in [5, 5.41) is 0. The topological polar surface area (TPSA) is 110 Å². The van der Waals surface area contributed by atoms with Crippen molar-refractivity contribution in [1.82, 2.24) is 19.7 Å². The maximum absolute atomic E-state index is 14.2. The minimum absolute atomic E-state index is 0. The summed E-state index contributed by atoms with van der Waals surface area (Å²) < 4.78 is 26.6. The van der Waals surface area contributed by atoms with Gasteiger partial charge < -0.3 is 20.9 Å². The second kappa shape index (κ2) is 16.3. The average Bonchev–Trinajstić information content (AvgIpc) is 3.04. The smallest absolute Gasteiger partial charge is 0.254 e. The fourth-order valence-electron chi connectivity index (χ4n) is 7.74. The summed E-state index contributed by atoms with van der Waals surface area (Å²) in [6.45, 7) is 9.63. The summed E-state index contributed by atoms with van der Waals surface area (Å²) in [6.07, 6.45) is 5.53. The Balaban J connectivity index is 0.00000451. The summed E-state index contributed by atoms with van der Waals surface area (Å²) >= 11 is 4.60. The number of thiol groups is 1. The van der Waals surface area contributed by atoms with Crippen molar-refractivity contribution >= 4 is 30.9 Å². The van der Waals surface area contributed by atoms with Crippen LogP contribution in [0, 0.1) is 5.82 Å². The minimum Gasteiger partial charge on any atom is -0.437 e. The highest BCUT2D eigenvalue weighted by Crippen LogP contribution is 2.40. The Hall–Kier alpha value is -2.77. The van der Waals surface area contributed by atoms with Crippen LogP contribution in [0.3, 0.4) is 0 Å². The van der Waals surface area contributed by atoms with Crippen LogP contribution in [0.25, 0.3) is 11.1 Å². The van der Waals surface area contributed by atoms with Crippen LogP contribution in [0.5, 0.6) is 11.6 Å². The zero-order chi connectivity index (χ0) is 33.1. The van der Waals surface area contributed by atoms with E-state index < -0.39 is 11.7 Å². The van der Waals surface area contributed by atoms with E-state index >= 15 is 0 Å². The van der Waals surface area contributed by atoms with E-state index in [1.807, 2.05) is 18.2 Å². The van der Waals surface area contributed by atoms with Crippen molar-refractivity contribution in [3.8, 4) is 22.8 Å². The van der Waals surface area contributed by atoms with Gasteiger partial charge in [0.05, 0.1) is 12.8 Å². The molecule has 1 amide bonds. The first-order chi connectivity index (χ1) is 22.7. The molecular formula is C36H48ClFN6O3S. The SMILES string of the molecule is C[C@H]1CN(Cc2ccc(-c3ccccc3)c(CN3CCOC(S)C3)c2Oc2ncc(F)cc2C(N)=O)C[C@H](C)N1C1CCC(N)CC1.Cl. The van der Waals surface area contributed by atoms with Crippen LogP contribution in [0.4, 0.5) is 4.39 Å². The highest BCUT2D eigenvalue weighted by atomic mass is 35.5. The van der Waals surface area contributed by atoms with Crippen LogP contribution in [0.2, 0.25) is 0 Å². The fraction of sp³-hybridized carbons (Fsp3) is 0.500. The average molecular weight is 699 g/mol. The molecule has 9 nitrogen and oxygen atoms in total. The molecule has 1 saturated carbocycles. The van der Waals surface area contributed by atoms with E-state index in [9.17, 15) is 9.18 Å². The number of benzene rings is 2. The third-order valence-electron chi connectivity index (χ3n) is 9.84. The first kappa shape index (κ1) is 36.5. The maximum Gasteiger partial charge on any atom is 0.254 e. The van der Waals surface area contributed by atoms with Crippen LogP contribution < -0.4 is 16.2 Å². The van der Waals surface area contributed by atoms with Crippen LogP contribution >= 0.6 is 25.0 Å². The number of ether oxygens (including phenoxy) is 2. The van der Waals surface area contributed by atoms with Gasteiger partial charge in [0.25, 0.3) is 5.91 Å². The molecule has 2 saturated heterocycles. The van der Waals surface area contributed by atoms with E-state index in [0.717, 1.165) is 79.8 Å². The van der Waals surface area contributed by atoms with Crippen LogP contribution in [0.1, 0.15) is 61.0 Å². The third-order valence-corrected chi connectivity index (χ3v) is 10.2. The van der Waals surface area contributed by atoms with Gasteiger partial charge >= 0.3 is 0 Å². The molecule has 3 aliphatic rings. The zero-order valence-electron chi connectivity index (χ0n) is 27.8. The monoisotopic (exact) mass is 698 g/mol. The maximum atomic E-state index is 14.2. The molecule has 0 radical (unpaired) electrons. The number of nitrogens with zero attached hydrogens (tertiary/aromatic N) is 4. The van der Waals surface area contributed by atoms with Gasteiger partial charge in [-0.3, -0.25) is 19.5 Å². The number of nitrogens with two attached hydrogens (primary N) is 2. The van der Waals surface area contributed by atoms with E-state index in [2.05, 4.69) is 70.4 Å². The number of pyridine rings is 1. The third kappa shape index (κ3) is 8.50. The van der Waals surface area contributed by atoms with Gasteiger partial charge in [-0.05, 0) is 56.7 Å². The molecule has 260 valence electrons. The van der Waals surface area contributed by atoms with Crippen molar-refractivity contribution < 1.29 is 18.7 Å². The lowest BCUT2D eigenvalue weighted by Gasteiger charge is -2.49. The quantitative estimate of drug-likeness (QED) is 0.253. The van der Waals surface area contributed by atoms with Crippen molar-refractivity contribution in [2.75, 3.05) is 32.8 Å². The molecule has 2 aromatic carbocycles. The van der Waals surface area contributed by atoms with Gasteiger partial charge in [0, 0.05) is 74.6 Å². The molecule has 0 spiro atoms. The number of hydrogen-bond acceptors (Lipinski definition) is 9. The lowest BCUT2D eigenvalue weighted by atomic mass is 9.88. The van der Waals surface area contributed by atoms with Gasteiger partial charge in [0.2, 0.25) is 5.88 Å². The van der Waals surface area contributed by atoms with Gasteiger partial charge in [0.15, 0.2) is 0 Å². The van der Waals surface area contributed by atoms with E-state index in [-0.39, 0.29) is 29.3 Å². The summed E-state index contributed by atoms with van der Waals surface area (Å²) in [6, 6.07) is 17.2. The molecule has 3 aromatic rings. The van der Waals surface area contributed by atoms with Crippen LogP contribution in [-0.2, 0) is 17.8 Å². The summed E-state index contributed by atoms with van der Waals surface area (Å²) in [4.78, 5) is 24.1. The Labute approximate surface area is 295 Å². The lowest BCUT2D eigenvalue weighted by molar-refractivity contribution is -0.00942. The molecular weight excluding hydrogens is 651 g/mol. The Morgan fingerprint density at radius 2 is 1.73 bits per heavy atom. The molecule has 1 unspecified atom stereocenters. The van der Waals surface area contributed by atoms with Gasteiger partial charge in [-0.1, -0.05) is 42.5 Å². The van der Waals surface area contributed by atoms with Crippen molar-refractivity contribution in [3.63, 3.8) is 0 Å². The van der Waals surface area contributed by atoms with Crippen molar-refractivity contribution in [3.05, 3.63) is 77.2 Å². The van der Waals surface area contributed by atoms with E-state index in [1.54, 1.807) is 0 Å². The van der Waals surface area contributed by atoms with Gasteiger partial charge in [-0.25, -0.2) is 9.37 Å². The summed E-state index contributed by atoms with van der Waals surface area (Å²) in [7, 11) is 0. The number of rotatable bonds is 9. The second-order valence-electron chi connectivity index (χ2n) is 13.4. The molecule has 3 heterocycles. The van der Waals surface area contributed by atoms with Crippen molar-refractivity contribution in [1.29, 1.82) is 0 Å². The second-order valence-corrected chi connectivity index (χ2v) is 14.0. The Kier molecular flexibility index (Phi) is 12.4. The number of hydrogen-bond donors (Lipinski definition) is 3. The predicted octanol–water partition coefficient (Wildman–Crippen LogP) is 5.45. The van der Waals surface area contributed by atoms with E-state index in [0.29, 0.717) is 56.2 Å². The minimum atomic E-state index is -0.803. The summed E-state index contributed by atoms with van der Waals surface area (Å²) in [5.74, 6) is -0.858. The Morgan fingerprint density at radius 1 is 1.02 bits per heavy atom. The molecule has 3 fully saturated rings. The molecule has 3 atom stereocenters. The highest BCUT2D eigenvalue weighted by molar-refractivity contribution is 7.80. The number of halogens is 2. The first-order valence-corrected chi connectivity index (χ1v) is 17.3. The standard InChI is InChI=1S/C36H47FN6O3S.ClH/c1-23-18-42(19-24(2)43(23)29-11-9-28(38)10-12-29)20-26-8-13-30(25-6-4-3-5-7-25)32(21-41-14-15-45-33(47)22-41)34(26)46-36-31(35(39)44)16-27(37)17-40-36;/h3-8,13,16-17,23-24,28-29,33,47H,9-12,14-15,18-22,38H2,1-2H3,(H2,39,44);1H/t23-,24-,28?,29?,33?;/m0./s1. The predicted molar refractivity (Wildman–Crippen MR) is 192 cm³/mol. The van der Waals surface area contributed by atoms with Crippen LogP contribution in [-0.4, -0.2) is 88.0 Å². The number of carbonyl (C=O) groups is 1. The highest BCUT2D eigenvalue weighted by Gasteiger charge is 2.36. The number of piperazine rings is 1. The molecule has 2 aliphatic heterocycles. The lowest BCUT2D eigenvalue weighted by Crippen LogP contribution is -2.60. The molecule has 1 aromatic heterocycles. The number of primary amides is 1. The largest absolute Gasteiger partial charge is 0.437 e. The Bertz CT molecular complexity index is 1530. The van der Waals surface area contributed by atoms with Gasteiger partial charge in [-0.2, -0.15) is 0 Å². The summed E-state index contributed by atoms with van der Waals surface area (Å²) in [5.41, 5.74) is 15.6. The fourth-order valence-corrected chi connectivity index (χ4v) is 8.08. The Morgan fingerprint density at radius 3 is 2.40 bits per heavy atom. The molecule has 0 bridgehead atoms. The number of amides is 1. The normalized spacial score (nSPS) is 25.7. The molecule has 1 aliphatic carbocycles.